The van der Waals surface area contributed by atoms with Crippen LogP contribution in [0.5, 0.6) is 0 Å². The average Bonchev–Trinajstić information content (AvgIpc) is 3.13. The standard InChI is InChI=1S/C23H29N7.HI/c1-18-15-19(2)30(27-18)22-10-9-20(16-25-22)17-26-23(24-3)29-13-11-28(12-14-29)21-7-5-4-6-8-21;/h4-10,15-16H,11-14,17H2,1-3H3,(H,24,26);1H. The summed E-state index contributed by atoms with van der Waals surface area (Å²) < 4.78 is 1.87. The fourth-order valence-corrected chi connectivity index (χ4v) is 3.84. The van der Waals surface area contributed by atoms with Crippen LogP contribution < -0.4 is 10.2 Å². The second-order valence-electron chi connectivity index (χ2n) is 7.57. The third kappa shape index (κ3) is 5.55. The van der Waals surface area contributed by atoms with Crippen molar-refractivity contribution in [2.45, 2.75) is 20.4 Å². The number of aliphatic imine (C=N–C) groups is 1. The summed E-state index contributed by atoms with van der Waals surface area (Å²) in [4.78, 5) is 13.8. The van der Waals surface area contributed by atoms with Gasteiger partial charge in [0.15, 0.2) is 11.8 Å². The van der Waals surface area contributed by atoms with E-state index in [-0.39, 0.29) is 24.0 Å². The molecule has 1 saturated heterocycles. The topological polar surface area (TPSA) is 61.6 Å². The number of piperazine rings is 1. The number of para-hydroxylation sites is 1. The Bertz CT molecular complexity index is 991. The summed E-state index contributed by atoms with van der Waals surface area (Å²) in [5, 5.41) is 7.98. The first-order valence-corrected chi connectivity index (χ1v) is 10.4. The maximum absolute atomic E-state index is 4.58. The van der Waals surface area contributed by atoms with Crippen LogP contribution in [-0.2, 0) is 6.54 Å². The molecule has 31 heavy (non-hydrogen) atoms. The van der Waals surface area contributed by atoms with Crippen molar-refractivity contribution in [1.29, 1.82) is 0 Å². The number of benzene rings is 1. The number of halogens is 1. The molecule has 0 amide bonds. The molecule has 1 fully saturated rings. The van der Waals surface area contributed by atoms with Gasteiger partial charge in [-0.1, -0.05) is 24.3 Å². The number of pyridine rings is 1. The van der Waals surface area contributed by atoms with E-state index in [0.29, 0.717) is 6.54 Å². The molecule has 0 radical (unpaired) electrons. The maximum atomic E-state index is 4.58. The first-order valence-electron chi connectivity index (χ1n) is 10.4. The fraction of sp³-hybridized carbons (Fsp3) is 0.348. The smallest absolute Gasteiger partial charge is 0.194 e. The first kappa shape index (κ1) is 23.1. The predicted octanol–water partition coefficient (Wildman–Crippen LogP) is 3.40. The van der Waals surface area contributed by atoms with Crippen molar-refractivity contribution in [2.75, 3.05) is 38.1 Å². The van der Waals surface area contributed by atoms with E-state index in [9.17, 15) is 0 Å². The van der Waals surface area contributed by atoms with Crippen LogP contribution in [0.3, 0.4) is 0 Å². The molecule has 1 N–H and O–H groups in total. The minimum Gasteiger partial charge on any atom is -0.368 e. The van der Waals surface area contributed by atoms with Gasteiger partial charge in [0.2, 0.25) is 0 Å². The molecule has 0 unspecified atom stereocenters. The molecule has 8 heteroatoms. The van der Waals surface area contributed by atoms with Crippen LogP contribution in [-0.4, -0.2) is 58.9 Å². The minimum atomic E-state index is 0. The molecule has 2 aromatic heterocycles. The first-order chi connectivity index (χ1) is 14.6. The van der Waals surface area contributed by atoms with E-state index in [1.54, 1.807) is 0 Å². The molecule has 1 aromatic carbocycles. The quantitative estimate of drug-likeness (QED) is 0.318. The zero-order valence-electron chi connectivity index (χ0n) is 18.3. The monoisotopic (exact) mass is 531 g/mol. The highest BCUT2D eigenvalue weighted by molar-refractivity contribution is 14.0. The van der Waals surface area contributed by atoms with Gasteiger partial charge >= 0.3 is 0 Å². The zero-order valence-corrected chi connectivity index (χ0v) is 20.7. The van der Waals surface area contributed by atoms with Crippen LogP contribution in [0.1, 0.15) is 17.0 Å². The van der Waals surface area contributed by atoms with Crippen LogP contribution in [0.2, 0.25) is 0 Å². The van der Waals surface area contributed by atoms with Crippen LogP contribution in [0.25, 0.3) is 5.82 Å². The lowest BCUT2D eigenvalue weighted by Gasteiger charge is -2.37. The molecule has 3 heterocycles. The highest BCUT2D eigenvalue weighted by Gasteiger charge is 2.19. The van der Waals surface area contributed by atoms with Crippen molar-refractivity contribution in [1.82, 2.24) is 25.0 Å². The number of hydrogen-bond donors (Lipinski definition) is 1. The van der Waals surface area contributed by atoms with Crippen LogP contribution in [0.4, 0.5) is 5.69 Å². The van der Waals surface area contributed by atoms with Crippen LogP contribution in [0.15, 0.2) is 59.7 Å². The van der Waals surface area contributed by atoms with Crippen LogP contribution in [0, 0.1) is 13.8 Å². The Morgan fingerprint density at radius 3 is 2.35 bits per heavy atom. The van der Waals surface area contributed by atoms with E-state index >= 15 is 0 Å². The Morgan fingerprint density at radius 1 is 1.03 bits per heavy atom. The summed E-state index contributed by atoms with van der Waals surface area (Å²) in [5.41, 5.74) is 4.48. The van der Waals surface area contributed by atoms with Gasteiger partial charge in [-0.15, -0.1) is 24.0 Å². The maximum Gasteiger partial charge on any atom is 0.194 e. The number of anilines is 1. The van der Waals surface area contributed by atoms with E-state index < -0.39 is 0 Å². The summed E-state index contributed by atoms with van der Waals surface area (Å²) >= 11 is 0. The fourth-order valence-electron chi connectivity index (χ4n) is 3.84. The van der Waals surface area contributed by atoms with Crippen molar-refractivity contribution >= 4 is 35.6 Å². The molecule has 4 rings (SSSR count). The Labute approximate surface area is 201 Å². The van der Waals surface area contributed by atoms with Gasteiger partial charge in [-0.3, -0.25) is 4.99 Å². The number of nitrogens with zero attached hydrogens (tertiary/aromatic N) is 6. The number of nitrogens with one attached hydrogen (secondary N) is 1. The van der Waals surface area contributed by atoms with Crippen molar-refractivity contribution in [2.24, 2.45) is 4.99 Å². The number of aryl methyl sites for hydroxylation is 2. The lowest BCUT2D eigenvalue weighted by molar-refractivity contribution is 0.372. The molecular formula is C23H30IN7. The number of rotatable bonds is 4. The Kier molecular flexibility index (Phi) is 7.89. The van der Waals surface area contributed by atoms with Crippen molar-refractivity contribution < 1.29 is 0 Å². The number of aromatic nitrogens is 3. The van der Waals surface area contributed by atoms with Crippen LogP contribution >= 0.6 is 24.0 Å². The van der Waals surface area contributed by atoms with E-state index in [1.165, 1.54) is 5.69 Å². The van der Waals surface area contributed by atoms with Crippen molar-refractivity contribution in [3.05, 3.63) is 71.7 Å². The lowest BCUT2D eigenvalue weighted by atomic mass is 10.2. The van der Waals surface area contributed by atoms with Gasteiger partial charge in [-0.25, -0.2) is 9.67 Å². The SMILES string of the molecule is CN=C(NCc1ccc(-n2nc(C)cc2C)nc1)N1CCN(c2ccccc2)CC1.I. The van der Waals surface area contributed by atoms with Gasteiger partial charge in [-0.2, -0.15) is 5.10 Å². The van der Waals surface area contributed by atoms with Crippen molar-refractivity contribution in [3.63, 3.8) is 0 Å². The average molecular weight is 531 g/mol. The van der Waals surface area contributed by atoms with E-state index in [2.05, 4.69) is 72.7 Å². The van der Waals surface area contributed by atoms with Crippen molar-refractivity contribution in [3.8, 4) is 5.82 Å². The third-order valence-electron chi connectivity index (χ3n) is 5.40. The predicted molar refractivity (Wildman–Crippen MR) is 137 cm³/mol. The molecule has 164 valence electrons. The number of guanidine groups is 1. The Balaban J connectivity index is 0.00000272. The van der Waals surface area contributed by atoms with E-state index in [0.717, 1.165) is 54.9 Å². The molecule has 0 bridgehead atoms. The third-order valence-corrected chi connectivity index (χ3v) is 5.40. The zero-order chi connectivity index (χ0) is 20.9. The molecule has 1 aliphatic rings. The molecule has 0 spiro atoms. The molecule has 0 aliphatic carbocycles. The van der Waals surface area contributed by atoms with Gasteiger partial charge in [0.05, 0.1) is 5.69 Å². The molecule has 0 saturated carbocycles. The van der Waals surface area contributed by atoms with E-state index in [1.807, 2.05) is 37.8 Å². The summed E-state index contributed by atoms with van der Waals surface area (Å²) in [5.74, 6) is 1.77. The Hall–Kier alpha value is -2.62. The molecule has 3 aromatic rings. The summed E-state index contributed by atoms with van der Waals surface area (Å²) in [7, 11) is 1.84. The van der Waals surface area contributed by atoms with Gasteiger partial charge in [0, 0.05) is 57.3 Å². The normalized spacial score (nSPS) is 14.4. The summed E-state index contributed by atoms with van der Waals surface area (Å²) in [6, 6.07) is 16.7. The summed E-state index contributed by atoms with van der Waals surface area (Å²) in [6.45, 7) is 8.60. The molecule has 0 atom stereocenters. The highest BCUT2D eigenvalue weighted by Crippen LogP contribution is 2.16. The molecule has 7 nitrogen and oxygen atoms in total. The second kappa shape index (κ2) is 10.6. The molecular weight excluding hydrogens is 501 g/mol. The van der Waals surface area contributed by atoms with Gasteiger partial charge in [0.25, 0.3) is 0 Å². The summed E-state index contributed by atoms with van der Waals surface area (Å²) in [6.07, 6.45) is 1.90. The minimum absolute atomic E-state index is 0. The lowest BCUT2D eigenvalue weighted by Crippen LogP contribution is -2.52. The molecule has 1 aliphatic heterocycles. The van der Waals surface area contributed by atoms with E-state index in [4.69, 9.17) is 0 Å². The van der Waals surface area contributed by atoms with Gasteiger partial charge in [-0.05, 0) is 43.7 Å². The number of hydrogen-bond acceptors (Lipinski definition) is 4. The Morgan fingerprint density at radius 2 is 1.77 bits per heavy atom. The van der Waals surface area contributed by atoms with Gasteiger partial charge < -0.3 is 15.1 Å². The van der Waals surface area contributed by atoms with Gasteiger partial charge in [0.1, 0.15) is 0 Å². The highest BCUT2D eigenvalue weighted by atomic mass is 127. The largest absolute Gasteiger partial charge is 0.368 e. The second-order valence-corrected chi connectivity index (χ2v) is 7.57.